The van der Waals surface area contributed by atoms with Gasteiger partial charge in [-0.15, -0.1) is 0 Å². The topological polar surface area (TPSA) is 117 Å². The van der Waals surface area contributed by atoms with Gasteiger partial charge >= 0.3 is 22.4 Å². The van der Waals surface area contributed by atoms with E-state index in [0.717, 1.165) is 10.2 Å². The van der Waals surface area contributed by atoms with Crippen LogP contribution >= 0.6 is 15.9 Å². The zero-order valence-corrected chi connectivity index (χ0v) is 17.6. The van der Waals surface area contributed by atoms with E-state index in [1.807, 2.05) is 12.1 Å². The van der Waals surface area contributed by atoms with Gasteiger partial charge < -0.3 is 14.2 Å². The highest BCUT2D eigenvalue weighted by Gasteiger charge is 2.35. The van der Waals surface area contributed by atoms with Crippen LogP contribution in [0.25, 0.3) is 0 Å². The number of likely N-dealkylation sites (tertiary alicyclic amines) is 1. The third-order valence-corrected chi connectivity index (χ3v) is 7.07. The molecule has 1 aromatic rings. The lowest BCUT2D eigenvalue weighted by atomic mass is 9.94. The van der Waals surface area contributed by atoms with Crippen molar-refractivity contribution in [2.45, 2.75) is 31.6 Å². The highest BCUT2D eigenvalue weighted by atomic mass is 79.9. The summed E-state index contributed by atoms with van der Waals surface area (Å²) in [5.41, 5.74) is 0.919. The van der Waals surface area contributed by atoms with Gasteiger partial charge in [-0.1, -0.05) is 0 Å². The Morgan fingerprint density at radius 1 is 1.11 bits per heavy atom. The summed E-state index contributed by atoms with van der Waals surface area (Å²) in [4.78, 5) is 28.7. The SMILES string of the molecule is O=C(OS(=O)(=O)N1CCC(c2ccc(Br)cn2)CC1)C1CCN(C(=O)O)CC1. The third-order valence-electron chi connectivity index (χ3n) is 5.22. The lowest BCUT2D eigenvalue weighted by Crippen LogP contribution is -2.43. The summed E-state index contributed by atoms with van der Waals surface area (Å²) in [7, 11) is -4.15. The highest BCUT2D eigenvalue weighted by Crippen LogP contribution is 2.29. The average Bonchev–Trinajstić information content (AvgIpc) is 2.68. The summed E-state index contributed by atoms with van der Waals surface area (Å²) in [6.07, 6.45) is 2.40. The minimum Gasteiger partial charge on any atom is -0.465 e. The Morgan fingerprint density at radius 3 is 2.29 bits per heavy atom. The molecule has 2 aliphatic rings. The molecule has 0 spiro atoms. The number of rotatable bonds is 4. The number of piperidine rings is 2. The number of amides is 1. The number of halogens is 1. The molecule has 11 heteroatoms. The van der Waals surface area contributed by atoms with Crippen molar-refractivity contribution in [2.75, 3.05) is 26.2 Å². The molecule has 0 saturated carbocycles. The van der Waals surface area contributed by atoms with Crippen molar-refractivity contribution in [1.29, 1.82) is 0 Å². The summed E-state index contributed by atoms with van der Waals surface area (Å²) in [6, 6.07) is 3.82. The molecule has 9 nitrogen and oxygen atoms in total. The monoisotopic (exact) mass is 475 g/mol. The standard InChI is InChI=1S/C17H22BrN3O6S/c18-14-1-2-15(19-11-14)12-5-9-21(10-6-12)28(25,26)27-16(22)13-3-7-20(8-4-13)17(23)24/h1-2,11-13H,3-10H2,(H,23,24). The van der Waals surface area contributed by atoms with Crippen molar-refractivity contribution in [3.8, 4) is 0 Å². The fraction of sp³-hybridized carbons (Fsp3) is 0.588. The molecule has 2 fully saturated rings. The second-order valence-corrected chi connectivity index (χ2v) is 9.43. The Morgan fingerprint density at radius 2 is 1.75 bits per heavy atom. The summed E-state index contributed by atoms with van der Waals surface area (Å²) < 4.78 is 31.8. The van der Waals surface area contributed by atoms with Gasteiger partial charge in [0.05, 0.1) is 5.92 Å². The average molecular weight is 476 g/mol. The molecule has 0 bridgehead atoms. The van der Waals surface area contributed by atoms with E-state index in [-0.39, 0.29) is 44.9 Å². The molecule has 0 aromatic carbocycles. The number of hydrogen-bond donors (Lipinski definition) is 1. The van der Waals surface area contributed by atoms with Crippen molar-refractivity contribution in [1.82, 2.24) is 14.2 Å². The molecule has 0 unspecified atom stereocenters. The molecule has 1 N–H and O–H groups in total. The van der Waals surface area contributed by atoms with E-state index in [2.05, 4.69) is 20.9 Å². The number of carbonyl (C=O) groups is 2. The Balaban J connectivity index is 1.52. The zero-order valence-electron chi connectivity index (χ0n) is 15.2. The van der Waals surface area contributed by atoms with Crippen molar-refractivity contribution < 1.29 is 27.3 Å². The van der Waals surface area contributed by atoms with Crippen LogP contribution in [0.15, 0.2) is 22.8 Å². The van der Waals surface area contributed by atoms with E-state index in [9.17, 15) is 18.0 Å². The molecule has 0 atom stereocenters. The largest absolute Gasteiger partial charge is 0.465 e. The minimum atomic E-state index is -4.15. The van der Waals surface area contributed by atoms with Gasteiger partial charge in [0.1, 0.15) is 0 Å². The molecule has 3 heterocycles. The molecule has 1 aromatic heterocycles. The second-order valence-electron chi connectivity index (χ2n) is 6.98. The first kappa shape index (κ1) is 21.0. The second kappa shape index (κ2) is 8.75. The van der Waals surface area contributed by atoms with Crippen LogP contribution in [0.5, 0.6) is 0 Å². The quantitative estimate of drug-likeness (QED) is 0.708. The first-order chi connectivity index (χ1) is 13.3. The van der Waals surface area contributed by atoms with Crippen molar-refractivity contribution in [3.05, 3.63) is 28.5 Å². The molecular weight excluding hydrogens is 454 g/mol. The zero-order chi connectivity index (χ0) is 20.3. The van der Waals surface area contributed by atoms with Crippen molar-refractivity contribution >= 4 is 38.3 Å². The maximum atomic E-state index is 12.5. The fourth-order valence-corrected chi connectivity index (χ4v) is 4.88. The van der Waals surface area contributed by atoms with Crippen LogP contribution in [0.3, 0.4) is 0 Å². The number of pyridine rings is 1. The van der Waals surface area contributed by atoms with Crippen LogP contribution in [0.4, 0.5) is 4.79 Å². The summed E-state index contributed by atoms with van der Waals surface area (Å²) >= 11 is 3.34. The molecular formula is C17H22BrN3O6S. The van der Waals surface area contributed by atoms with Gasteiger partial charge in [0, 0.05) is 48.5 Å². The third kappa shape index (κ3) is 5.00. The number of aromatic nitrogens is 1. The first-order valence-corrected chi connectivity index (χ1v) is 11.2. The predicted octanol–water partition coefficient (Wildman–Crippen LogP) is 2.20. The maximum absolute atomic E-state index is 12.5. The van der Waals surface area contributed by atoms with Gasteiger partial charge in [-0.3, -0.25) is 9.78 Å². The van der Waals surface area contributed by atoms with Gasteiger partial charge in [0.2, 0.25) is 0 Å². The van der Waals surface area contributed by atoms with Crippen LogP contribution in [0.1, 0.15) is 37.3 Å². The molecule has 154 valence electrons. The maximum Gasteiger partial charge on any atom is 0.407 e. The van der Waals surface area contributed by atoms with E-state index in [4.69, 9.17) is 9.29 Å². The Hall–Kier alpha value is -1.72. The normalized spacial score (nSPS) is 20.1. The fourth-order valence-electron chi connectivity index (χ4n) is 3.53. The van der Waals surface area contributed by atoms with Crippen LogP contribution in [-0.4, -0.2) is 66.0 Å². The summed E-state index contributed by atoms with van der Waals surface area (Å²) in [6.45, 7) is 0.909. The number of carboxylic acid groups (broad SMARTS) is 1. The van der Waals surface area contributed by atoms with Gasteiger partial charge in [-0.2, -0.15) is 12.7 Å². The lowest BCUT2D eigenvalue weighted by molar-refractivity contribution is -0.140. The van der Waals surface area contributed by atoms with Gasteiger partial charge in [0.15, 0.2) is 0 Å². The molecule has 3 rings (SSSR count). The Bertz CT molecular complexity index is 816. The number of carbonyl (C=O) groups excluding carboxylic acids is 1. The van der Waals surface area contributed by atoms with Crippen molar-refractivity contribution in [2.24, 2.45) is 5.92 Å². The van der Waals surface area contributed by atoms with Gasteiger partial charge in [-0.25, -0.2) is 4.79 Å². The summed E-state index contributed by atoms with van der Waals surface area (Å²) in [5, 5.41) is 8.94. The Labute approximate surface area is 172 Å². The molecule has 0 aliphatic carbocycles. The van der Waals surface area contributed by atoms with Crippen LogP contribution in [0, 0.1) is 5.92 Å². The van der Waals surface area contributed by atoms with E-state index in [1.54, 1.807) is 6.20 Å². The van der Waals surface area contributed by atoms with Crippen molar-refractivity contribution in [3.63, 3.8) is 0 Å². The van der Waals surface area contributed by atoms with Crippen LogP contribution in [0.2, 0.25) is 0 Å². The minimum absolute atomic E-state index is 0.163. The number of hydrogen-bond acceptors (Lipinski definition) is 6. The Kier molecular flexibility index (Phi) is 6.56. The molecule has 2 aliphatic heterocycles. The molecule has 0 radical (unpaired) electrons. The summed E-state index contributed by atoms with van der Waals surface area (Å²) in [5.74, 6) is -1.24. The van der Waals surface area contributed by atoms with Crippen LogP contribution in [-0.2, 0) is 19.3 Å². The molecule has 2 saturated heterocycles. The number of nitrogens with zero attached hydrogens (tertiary/aromatic N) is 3. The van der Waals surface area contributed by atoms with E-state index < -0.39 is 28.3 Å². The highest BCUT2D eigenvalue weighted by molar-refractivity contribution is 9.10. The van der Waals surface area contributed by atoms with Gasteiger partial charge in [-0.05, 0) is 53.7 Å². The smallest absolute Gasteiger partial charge is 0.407 e. The van der Waals surface area contributed by atoms with Gasteiger partial charge in [0.25, 0.3) is 0 Å². The molecule has 28 heavy (non-hydrogen) atoms. The van der Waals surface area contributed by atoms with E-state index in [1.165, 1.54) is 9.21 Å². The molecule has 1 amide bonds. The van der Waals surface area contributed by atoms with E-state index in [0.29, 0.717) is 12.8 Å². The first-order valence-electron chi connectivity index (χ1n) is 9.09. The lowest BCUT2D eigenvalue weighted by Gasteiger charge is -2.31. The predicted molar refractivity (Wildman–Crippen MR) is 103 cm³/mol. The van der Waals surface area contributed by atoms with E-state index >= 15 is 0 Å². The van der Waals surface area contributed by atoms with Crippen LogP contribution < -0.4 is 0 Å².